The number of pyridine rings is 1. The molecule has 0 radical (unpaired) electrons. The second-order valence-corrected chi connectivity index (χ2v) is 7.78. The van der Waals surface area contributed by atoms with E-state index in [0.717, 1.165) is 18.3 Å². The molecule has 4 rings (SSSR count). The zero-order chi connectivity index (χ0) is 25.3. The normalized spacial score (nSPS) is 15.4. The lowest BCUT2D eigenvalue weighted by Crippen LogP contribution is -2.42. The average Bonchev–Trinajstić information content (AvgIpc) is 3.24. The smallest absolute Gasteiger partial charge is 0.418 e. The van der Waals surface area contributed by atoms with E-state index in [0.29, 0.717) is 28.4 Å². The number of benzene rings is 1. The number of methoxy groups -OCH3 is 2. The highest BCUT2D eigenvalue weighted by molar-refractivity contribution is 6.07. The van der Waals surface area contributed by atoms with Crippen molar-refractivity contribution in [3.8, 4) is 11.5 Å². The minimum Gasteiger partial charge on any atom is -0.493 e. The highest BCUT2D eigenvalue weighted by Crippen LogP contribution is 2.36. The molecule has 35 heavy (non-hydrogen) atoms. The molecule has 0 aliphatic carbocycles. The number of nitrogens with zero attached hydrogens (tertiary/aromatic N) is 4. The van der Waals surface area contributed by atoms with Crippen molar-refractivity contribution in [3.05, 3.63) is 65.2 Å². The van der Waals surface area contributed by atoms with Gasteiger partial charge in [0, 0.05) is 25.4 Å². The van der Waals surface area contributed by atoms with Gasteiger partial charge in [0.2, 0.25) is 0 Å². The number of alkyl halides is 3. The number of hydrogen-bond acceptors (Lipinski definition) is 6. The fourth-order valence-electron chi connectivity index (χ4n) is 4.08. The van der Waals surface area contributed by atoms with Crippen LogP contribution in [-0.4, -0.2) is 47.3 Å². The largest absolute Gasteiger partial charge is 0.493 e. The van der Waals surface area contributed by atoms with Gasteiger partial charge in [0.1, 0.15) is 5.69 Å². The molecule has 1 N–H and O–H groups in total. The van der Waals surface area contributed by atoms with Crippen molar-refractivity contribution >= 4 is 17.5 Å². The summed E-state index contributed by atoms with van der Waals surface area (Å²) >= 11 is 0. The Kier molecular flexibility index (Phi) is 6.37. The predicted molar refractivity (Wildman–Crippen MR) is 118 cm³/mol. The molecule has 2 amide bonds. The van der Waals surface area contributed by atoms with E-state index >= 15 is 0 Å². The summed E-state index contributed by atoms with van der Waals surface area (Å²) in [6, 6.07) is 6.04. The number of aromatic nitrogens is 3. The lowest BCUT2D eigenvalue weighted by Gasteiger charge is -2.32. The van der Waals surface area contributed by atoms with Crippen molar-refractivity contribution in [2.24, 2.45) is 7.05 Å². The summed E-state index contributed by atoms with van der Waals surface area (Å²) in [5.74, 6) is -0.424. The Bertz CT molecular complexity index is 1270. The van der Waals surface area contributed by atoms with Gasteiger partial charge in [0.05, 0.1) is 43.4 Å². The Morgan fingerprint density at radius 2 is 1.89 bits per heavy atom. The fraction of sp³-hybridized carbons (Fsp3) is 0.304. The van der Waals surface area contributed by atoms with Crippen LogP contribution in [0.25, 0.3) is 0 Å². The zero-order valence-electron chi connectivity index (χ0n) is 19.1. The molecule has 0 saturated heterocycles. The molecule has 3 heterocycles. The van der Waals surface area contributed by atoms with Gasteiger partial charge in [-0.2, -0.15) is 18.3 Å². The van der Waals surface area contributed by atoms with Crippen LogP contribution < -0.4 is 19.7 Å². The average molecular weight is 489 g/mol. The summed E-state index contributed by atoms with van der Waals surface area (Å²) in [6.07, 6.45) is -1.86. The summed E-state index contributed by atoms with van der Waals surface area (Å²) in [5.41, 5.74) is -0.552. The Hall–Kier alpha value is -4.09. The Morgan fingerprint density at radius 3 is 2.57 bits per heavy atom. The summed E-state index contributed by atoms with van der Waals surface area (Å²) in [5, 5.41) is 6.83. The van der Waals surface area contributed by atoms with Crippen LogP contribution in [0.5, 0.6) is 11.5 Å². The van der Waals surface area contributed by atoms with Crippen LogP contribution in [0.2, 0.25) is 0 Å². The molecule has 0 fully saturated rings. The molecule has 1 aliphatic heterocycles. The van der Waals surface area contributed by atoms with E-state index in [1.807, 2.05) is 0 Å². The number of rotatable bonds is 5. The molecule has 0 saturated carbocycles. The molecule has 1 aliphatic rings. The predicted octanol–water partition coefficient (Wildman–Crippen LogP) is 3.37. The van der Waals surface area contributed by atoms with E-state index < -0.39 is 29.4 Å². The molecule has 0 spiro atoms. The monoisotopic (exact) mass is 489 g/mol. The number of hydrogen-bond donors (Lipinski definition) is 1. The molecule has 9 nitrogen and oxygen atoms in total. The van der Waals surface area contributed by atoms with Crippen molar-refractivity contribution in [2.45, 2.75) is 18.6 Å². The van der Waals surface area contributed by atoms with Crippen LogP contribution >= 0.6 is 0 Å². The van der Waals surface area contributed by atoms with Crippen molar-refractivity contribution < 1.29 is 32.2 Å². The van der Waals surface area contributed by atoms with Crippen LogP contribution in [0, 0.1) is 0 Å². The van der Waals surface area contributed by atoms with Crippen LogP contribution in [0.4, 0.5) is 18.9 Å². The molecular formula is C23H22F3N5O4. The van der Waals surface area contributed by atoms with Crippen molar-refractivity contribution in [1.82, 2.24) is 20.1 Å². The standard InChI is InChI=1S/C23H22F3N5O4/c1-30-20-15(29-21(32)19-14(23(24,25)26)5-4-9-27-19)8-10-31(16(20)12-28-30)22(33)13-6-7-17(34-2)18(11-13)35-3/h4-7,9,11-12,15H,8,10H2,1-3H3,(H,29,32). The van der Waals surface area contributed by atoms with Gasteiger partial charge in [-0.25, -0.2) is 0 Å². The third-order valence-electron chi connectivity index (χ3n) is 5.74. The van der Waals surface area contributed by atoms with Gasteiger partial charge in [-0.05, 0) is 36.8 Å². The van der Waals surface area contributed by atoms with E-state index in [2.05, 4.69) is 15.4 Å². The van der Waals surface area contributed by atoms with Crippen molar-refractivity contribution in [2.75, 3.05) is 25.7 Å². The molecule has 1 aromatic carbocycles. The van der Waals surface area contributed by atoms with Crippen LogP contribution in [0.15, 0.2) is 42.7 Å². The van der Waals surface area contributed by atoms with Gasteiger partial charge in [-0.15, -0.1) is 0 Å². The number of aryl methyl sites for hydroxylation is 1. The molecule has 3 aromatic rings. The maximum atomic E-state index is 13.3. The van der Waals surface area contributed by atoms with E-state index in [-0.39, 0.29) is 18.9 Å². The number of fused-ring (bicyclic) bond motifs is 1. The van der Waals surface area contributed by atoms with Crippen LogP contribution in [0.3, 0.4) is 0 Å². The third-order valence-corrected chi connectivity index (χ3v) is 5.74. The maximum absolute atomic E-state index is 13.3. The van der Waals surface area contributed by atoms with Gasteiger partial charge in [0.15, 0.2) is 11.5 Å². The number of nitrogens with one attached hydrogen (secondary N) is 1. The van der Waals surface area contributed by atoms with Crippen molar-refractivity contribution in [1.29, 1.82) is 0 Å². The van der Waals surface area contributed by atoms with E-state index in [1.54, 1.807) is 25.2 Å². The highest BCUT2D eigenvalue weighted by atomic mass is 19.4. The first kappa shape index (κ1) is 24.0. The first-order valence-corrected chi connectivity index (χ1v) is 10.5. The van der Waals surface area contributed by atoms with Crippen LogP contribution in [-0.2, 0) is 13.2 Å². The number of anilines is 1. The Balaban J connectivity index is 1.62. The summed E-state index contributed by atoms with van der Waals surface area (Å²) in [6.45, 7) is 0.200. The zero-order valence-corrected chi connectivity index (χ0v) is 19.1. The second kappa shape index (κ2) is 9.28. The molecule has 184 valence electrons. The number of amides is 2. The molecular weight excluding hydrogens is 467 g/mol. The summed E-state index contributed by atoms with van der Waals surface area (Å²) in [7, 11) is 4.58. The number of halogens is 3. The summed E-state index contributed by atoms with van der Waals surface area (Å²) < 4.78 is 52.0. The number of carbonyl (C=O) groups is 2. The van der Waals surface area contributed by atoms with Gasteiger partial charge in [0.25, 0.3) is 11.8 Å². The van der Waals surface area contributed by atoms with Gasteiger partial charge in [-0.3, -0.25) is 19.3 Å². The Morgan fingerprint density at radius 1 is 1.14 bits per heavy atom. The molecule has 2 aromatic heterocycles. The van der Waals surface area contributed by atoms with E-state index in [4.69, 9.17) is 9.47 Å². The second-order valence-electron chi connectivity index (χ2n) is 7.78. The topological polar surface area (TPSA) is 98.6 Å². The molecule has 1 atom stereocenters. The minimum atomic E-state index is -4.73. The summed E-state index contributed by atoms with van der Waals surface area (Å²) in [4.78, 5) is 31.3. The maximum Gasteiger partial charge on any atom is 0.418 e. The van der Waals surface area contributed by atoms with E-state index in [1.165, 1.54) is 30.0 Å². The third kappa shape index (κ3) is 4.51. The van der Waals surface area contributed by atoms with Crippen molar-refractivity contribution in [3.63, 3.8) is 0 Å². The lowest BCUT2D eigenvalue weighted by atomic mass is 10.0. The van der Waals surface area contributed by atoms with Gasteiger partial charge >= 0.3 is 6.18 Å². The first-order chi connectivity index (χ1) is 16.7. The highest BCUT2D eigenvalue weighted by Gasteiger charge is 2.38. The molecule has 1 unspecified atom stereocenters. The number of ether oxygens (including phenoxy) is 2. The minimum absolute atomic E-state index is 0.200. The number of carbonyl (C=O) groups excluding carboxylic acids is 2. The quantitative estimate of drug-likeness (QED) is 0.590. The van der Waals surface area contributed by atoms with Gasteiger partial charge in [-0.1, -0.05) is 0 Å². The Labute approximate surface area is 198 Å². The SMILES string of the molecule is COc1ccc(C(=O)N2CCC(NC(=O)c3ncccc3C(F)(F)F)c3c2cnn3C)cc1OC. The molecule has 0 bridgehead atoms. The van der Waals surface area contributed by atoms with Gasteiger partial charge < -0.3 is 19.7 Å². The van der Waals surface area contributed by atoms with E-state index in [9.17, 15) is 22.8 Å². The van der Waals surface area contributed by atoms with Crippen LogP contribution in [0.1, 0.15) is 44.6 Å². The fourth-order valence-corrected chi connectivity index (χ4v) is 4.08. The first-order valence-electron chi connectivity index (χ1n) is 10.5. The lowest BCUT2D eigenvalue weighted by molar-refractivity contribution is -0.138. The molecule has 12 heteroatoms.